The Labute approximate surface area is 125 Å². The number of hydrogen-bond acceptors (Lipinski definition) is 2. The predicted molar refractivity (Wildman–Crippen MR) is 76.8 cm³/mol. The van der Waals surface area contributed by atoms with E-state index in [9.17, 15) is 13.2 Å². The monoisotopic (exact) mass is 305 g/mol. The number of pyridine rings is 1. The summed E-state index contributed by atoms with van der Waals surface area (Å²) in [4.78, 5) is 4.18. The molecule has 0 radical (unpaired) electrons. The highest BCUT2D eigenvalue weighted by Gasteiger charge is 2.13. The van der Waals surface area contributed by atoms with E-state index in [-0.39, 0.29) is 11.2 Å². The maximum atomic E-state index is 13.7. The van der Waals surface area contributed by atoms with Crippen molar-refractivity contribution < 1.29 is 13.2 Å². The Morgan fingerprint density at radius 1 is 1.18 bits per heavy atom. The van der Waals surface area contributed by atoms with E-state index >= 15 is 0 Å². The van der Waals surface area contributed by atoms with E-state index in [2.05, 4.69) is 10.3 Å². The van der Waals surface area contributed by atoms with Gasteiger partial charge in [0.15, 0.2) is 11.5 Å². The fraction of sp³-hybridized carbons (Fsp3) is 0.188. The van der Waals surface area contributed by atoms with Crippen LogP contribution in [0.5, 0.6) is 0 Å². The molecule has 2 aromatic heterocycles. The molecule has 1 N–H and O–H groups in total. The number of benzene rings is 1. The minimum absolute atomic E-state index is 0.240. The molecule has 0 saturated heterocycles. The summed E-state index contributed by atoms with van der Waals surface area (Å²) in [5.74, 6) is -1.36. The van der Waals surface area contributed by atoms with Crippen LogP contribution in [0.15, 0.2) is 42.7 Å². The van der Waals surface area contributed by atoms with E-state index < -0.39 is 23.5 Å². The van der Waals surface area contributed by atoms with Crippen LogP contribution in [0.2, 0.25) is 0 Å². The van der Waals surface area contributed by atoms with E-state index in [0.717, 1.165) is 18.2 Å². The molecular weight excluding hydrogens is 291 g/mol. The summed E-state index contributed by atoms with van der Waals surface area (Å²) in [7, 11) is 0. The molecule has 0 aliphatic rings. The van der Waals surface area contributed by atoms with Crippen LogP contribution in [-0.4, -0.2) is 9.38 Å². The molecule has 2 heterocycles. The Balaban J connectivity index is 1.76. The summed E-state index contributed by atoms with van der Waals surface area (Å²) >= 11 is 0. The summed E-state index contributed by atoms with van der Waals surface area (Å²) in [5, 5.41) is 3.06. The minimum atomic E-state index is -0.486. The first-order chi connectivity index (χ1) is 10.5. The highest BCUT2D eigenvalue weighted by Crippen LogP contribution is 2.18. The van der Waals surface area contributed by atoms with Crippen molar-refractivity contribution >= 4 is 5.65 Å². The Bertz CT molecular complexity index is 814. The number of nitrogens with one attached hydrogen (secondary N) is 1. The molecule has 3 aromatic rings. The number of fused-ring (bicyclic) bond motifs is 1. The summed E-state index contributed by atoms with van der Waals surface area (Å²) in [6.07, 6.45) is 3.39. The lowest BCUT2D eigenvalue weighted by Crippen LogP contribution is -2.19. The molecule has 1 atom stereocenters. The van der Waals surface area contributed by atoms with Gasteiger partial charge in [0.2, 0.25) is 0 Å². The van der Waals surface area contributed by atoms with E-state index in [1.54, 1.807) is 29.8 Å². The van der Waals surface area contributed by atoms with Crippen LogP contribution in [0.25, 0.3) is 5.65 Å². The van der Waals surface area contributed by atoms with Crippen LogP contribution in [0.4, 0.5) is 13.2 Å². The first-order valence-corrected chi connectivity index (χ1v) is 6.85. The highest BCUT2D eigenvalue weighted by atomic mass is 19.1. The van der Waals surface area contributed by atoms with Crippen LogP contribution in [-0.2, 0) is 6.54 Å². The Hall–Kier alpha value is -2.34. The molecule has 0 saturated carbocycles. The molecule has 0 aliphatic heterocycles. The third-order valence-electron chi connectivity index (χ3n) is 3.50. The molecule has 3 rings (SSSR count). The van der Waals surface area contributed by atoms with Gasteiger partial charge in [-0.3, -0.25) is 0 Å². The summed E-state index contributed by atoms with van der Waals surface area (Å²) in [6, 6.07) is 5.87. The zero-order chi connectivity index (χ0) is 15.7. The van der Waals surface area contributed by atoms with Crippen LogP contribution >= 0.6 is 0 Å². The van der Waals surface area contributed by atoms with Crippen molar-refractivity contribution in [1.82, 2.24) is 14.7 Å². The Morgan fingerprint density at radius 3 is 2.77 bits per heavy atom. The van der Waals surface area contributed by atoms with Gasteiger partial charge in [0, 0.05) is 30.5 Å². The quantitative estimate of drug-likeness (QED) is 0.798. The first-order valence-electron chi connectivity index (χ1n) is 6.85. The molecular formula is C16H14F3N3. The van der Waals surface area contributed by atoms with Crippen molar-refractivity contribution in [2.24, 2.45) is 0 Å². The molecule has 0 fully saturated rings. The van der Waals surface area contributed by atoms with E-state index in [0.29, 0.717) is 12.2 Å². The third kappa shape index (κ3) is 2.82. The third-order valence-corrected chi connectivity index (χ3v) is 3.50. The van der Waals surface area contributed by atoms with Gasteiger partial charge in [-0.05, 0) is 37.3 Å². The van der Waals surface area contributed by atoms with E-state index in [1.165, 1.54) is 6.07 Å². The highest BCUT2D eigenvalue weighted by molar-refractivity contribution is 5.41. The first kappa shape index (κ1) is 14.6. The molecule has 0 bridgehead atoms. The molecule has 0 spiro atoms. The number of rotatable bonds is 4. The molecule has 114 valence electrons. The summed E-state index contributed by atoms with van der Waals surface area (Å²) < 4.78 is 42.0. The van der Waals surface area contributed by atoms with Crippen molar-refractivity contribution in [2.45, 2.75) is 19.5 Å². The van der Waals surface area contributed by atoms with Gasteiger partial charge in [0.05, 0.1) is 5.69 Å². The van der Waals surface area contributed by atoms with E-state index in [1.807, 2.05) is 0 Å². The second kappa shape index (κ2) is 5.81. The molecule has 6 heteroatoms. The summed E-state index contributed by atoms with van der Waals surface area (Å²) in [6.45, 7) is 2.05. The van der Waals surface area contributed by atoms with Gasteiger partial charge in [0.1, 0.15) is 11.6 Å². The number of aromatic nitrogens is 2. The lowest BCUT2D eigenvalue weighted by atomic mass is 10.1. The van der Waals surface area contributed by atoms with Gasteiger partial charge in [-0.25, -0.2) is 18.2 Å². The number of hydrogen-bond donors (Lipinski definition) is 1. The molecule has 0 amide bonds. The zero-order valence-electron chi connectivity index (χ0n) is 11.9. The van der Waals surface area contributed by atoms with Crippen molar-refractivity contribution in [3.8, 4) is 0 Å². The van der Waals surface area contributed by atoms with Crippen molar-refractivity contribution in [3.05, 3.63) is 71.4 Å². The standard InChI is InChI=1S/C16H14F3N3/c1-10(13-7-11(17)4-5-14(13)18)20-8-12-9-22-6-2-3-15(19)16(22)21-12/h2-7,9-10,20H,8H2,1H3/t10-/m0/s1. The predicted octanol–water partition coefficient (Wildman–Crippen LogP) is 3.60. The van der Waals surface area contributed by atoms with Gasteiger partial charge >= 0.3 is 0 Å². The molecule has 0 unspecified atom stereocenters. The molecule has 1 aromatic carbocycles. The topological polar surface area (TPSA) is 29.3 Å². The Kier molecular flexibility index (Phi) is 3.85. The SMILES string of the molecule is C[C@H](NCc1cn2cccc(F)c2n1)c1cc(F)ccc1F. The van der Waals surface area contributed by atoms with Gasteiger partial charge in [0.25, 0.3) is 0 Å². The summed E-state index contributed by atoms with van der Waals surface area (Å²) in [5.41, 5.74) is 1.10. The van der Waals surface area contributed by atoms with Crippen molar-refractivity contribution in [1.29, 1.82) is 0 Å². The van der Waals surface area contributed by atoms with Crippen LogP contribution in [0, 0.1) is 17.5 Å². The maximum Gasteiger partial charge on any atom is 0.173 e. The number of nitrogens with zero attached hydrogens (tertiary/aromatic N) is 2. The smallest absolute Gasteiger partial charge is 0.173 e. The van der Waals surface area contributed by atoms with Gasteiger partial charge in [-0.15, -0.1) is 0 Å². The largest absolute Gasteiger partial charge is 0.304 e. The lowest BCUT2D eigenvalue weighted by molar-refractivity contribution is 0.516. The minimum Gasteiger partial charge on any atom is -0.304 e. The molecule has 22 heavy (non-hydrogen) atoms. The second-order valence-electron chi connectivity index (χ2n) is 5.09. The van der Waals surface area contributed by atoms with Crippen LogP contribution < -0.4 is 5.32 Å². The zero-order valence-corrected chi connectivity index (χ0v) is 11.9. The van der Waals surface area contributed by atoms with Gasteiger partial charge < -0.3 is 9.72 Å². The number of imidazole rings is 1. The van der Waals surface area contributed by atoms with Crippen molar-refractivity contribution in [2.75, 3.05) is 0 Å². The average Bonchev–Trinajstić information content (AvgIpc) is 2.92. The normalized spacial score (nSPS) is 12.7. The second-order valence-corrected chi connectivity index (χ2v) is 5.09. The fourth-order valence-electron chi connectivity index (χ4n) is 2.33. The average molecular weight is 305 g/mol. The van der Waals surface area contributed by atoms with Crippen LogP contribution in [0.3, 0.4) is 0 Å². The maximum absolute atomic E-state index is 13.7. The number of halogens is 3. The van der Waals surface area contributed by atoms with E-state index in [4.69, 9.17) is 0 Å². The van der Waals surface area contributed by atoms with Gasteiger partial charge in [-0.2, -0.15) is 0 Å². The molecule has 3 nitrogen and oxygen atoms in total. The van der Waals surface area contributed by atoms with Crippen LogP contribution in [0.1, 0.15) is 24.2 Å². The van der Waals surface area contributed by atoms with Crippen molar-refractivity contribution in [3.63, 3.8) is 0 Å². The molecule has 0 aliphatic carbocycles. The van der Waals surface area contributed by atoms with Gasteiger partial charge in [-0.1, -0.05) is 0 Å². The lowest BCUT2D eigenvalue weighted by Gasteiger charge is -2.14. The fourth-order valence-corrected chi connectivity index (χ4v) is 2.33. The Morgan fingerprint density at radius 2 is 2.00 bits per heavy atom.